The summed E-state index contributed by atoms with van der Waals surface area (Å²) in [6, 6.07) is 0. The van der Waals surface area contributed by atoms with Crippen molar-refractivity contribution in [3.63, 3.8) is 0 Å². The molecule has 0 spiro atoms. The molecule has 0 saturated carbocycles. The van der Waals surface area contributed by atoms with E-state index in [4.69, 9.17) is 5.11 Å². The van der Waals surface area contributed by atoms with E-state index in [1.165, 1.54) is 0 Å². The van der Waals surface area contributed by atoms with Crippen LogP contribution in [-0.2, 0) is 20.2 Å². The number of aliphatic hydroxyl groups is 1. The predicted molar refractivity (Wildman–Crippen MR) is 50.5 cm³/mol. The van der Waals surface area contributed by atoms with E-state index >= 15 is 0 Å². The molecule has 0 aliphatic heterocycles. The second-order valence-corrected chi connectivity index (χ2v) is 3.15. The predicted octanol–water partition coefficient (Wildman–Crippen LogP) is 0.157. The van der Waals surface area contributed by atoms with E-state index in [0.29, 0.717) is 12.4 Å². The van der Waals surface area contributed by atoms with Gasteiger partial charge in [-0.1, -0.05) is 0 Å². The highest BCUT2D eigenvalue weighted by atomic mass is 16.3. The van der Waals surface area contributed by atoms with E-state index < -0.39 is 0 Å². The van der Waals surface area contributed by atoms with Gasteiger partial charge in [-0.05, 0) is 0 Å². The fourth-order valence-electron chi connectivity index (χ4n) is 1.39. The number of nitrogens with zero attached hydrogens (tertiary/aromatic N) is 4. The van der Waals surface area contributed by atoms with Gasteiger partial charge in [0.15, 0.2) is 0 Å². The zero-order valence-corrected chi connectivity index (χ0v) is 7.96. The Bertz CT molecular complexity index is 418. The van der Waals surface area contributed by atoms with Crippen LogP contribution in [-0.4, -0.2) is 24.4 Å². The molecule has 5 nitrogen and oxygen atoms in total. The number of aryl methyl sites for hydroxylation is 1. The molecule has 0 unspecified atom stereocenters. The maximum atomic E-state index is 8.99. The third kappa shape index (κ3) is 1.67. The Hall–Kier alpha value is -1.62. The first kappa shape index (κ1) is 8.96. The molecular formula is C9H12N4O. The molecule has 2 aromatic heterocycles. The van der Waals surface area contributed by atoms with E-state index in [0.717, 1.165) is 5.56 Å². The summed E-state index contributed by atoms with van der Waals surface area (Å²) >= 11 is 0. The fraction of sp³-hybridized carbons (Fsp3) is 0.333. The maximum absolute atomic E-state index is 8.99. The zero-order chi connectivity index (χ0) is 9.97. The second-order valence-electron chi connectivity index (χ2n) is 3.15. The van der Waals surface area contributed by atoms with Gasteiger partial charge in [-0.2, -0.15) is 5.10 Å². The van der Waals surface area contributed by atoms with Crippen molar-refractivity contribution in [2.45, 2.75) is 13.2 Å². The highest BCUT2D eigenvalue weighted by molar-refractivity contribution is 5.06. The van der Waals surface area contributed by atoms with Crippen LogP contribution in [0.4, 0.5) is 0 Å². The van der Waals surface area contributed by atoms with Crippen molar-refractivity contribution in [1.29, 1.82) is 0 Å². The standard InChI is InChI=1S/C9H12N4O/c1-12-5-8(4-11-12)6-13-3-2-10-9(13)7-14/h2-5,14H,6-7H2,1H3. The number of hydrogen-bond acceptors (Lipinski definition) is 3. The van der Waals surface area contributed by atoms with Crippen molar-refractivity contribution >= 4 is 0 Å². The van der Waals surface area contributed by atoms with E-state index in [9.17, 15) is 0 Å². The summed E-state index contributed by atoms with van der Waals surface area (Å²) in [5.41, 5.74) is 1.10. The Balaban J connectivity index is 2.18. The van der Waals surface area contributed by atoms with Gasteiger partial charge in [0, 0.05) is 31.2 Å². The lowest BCUT2D eigenvalue weighted by atomic mass is 10.3. The first-order valence-electron chi connectivity index (χ1n) is 4.38. The highest BCUT2D eigenvalue weighted by Crippen LogP contribution is 2.04. The van der Waals surface area contributed by atoms with Gasteiger partial charge in [-0.15, -0.1) is 0 Å². The van der Waals surface area contributed by atoms with Gasteiger partial charge in [-0.3, -0.25) is 4.68 Å². The van der Waals surface area contributed by atoms with Crippen LogP contribution in [0.5, 0.6) is 0 Å². The highest BCUT2D eigenvalue weighted by Gasteiger charge is 2.02. The number of hydrogen-bond donors (Lipinski definition) is 1. The molecule has 74 valence electrons. The van der Waals surface area contributed by atoms with E-state index in [1.807, 2.05) is 24.0 Å². The normalized spacial score (nSPS) is 10.7. The monoisotopic (exact) mass is 192 g/mol. The van der Waals surface area contributed by atoms with Crippen molar-refractivity contribution in [3.05, 3.63) is 36.2 Å². The SMILES string of the molecule is Cn1cc(Cn2ccnc2CO)cn1. The lowest BCUT2D eigenvalue weighted by Crippen LogP contribution is -2.03. The lowest BCUT2D eigenvalue weighted by Gasteiger charge is -2.02. The molecule has 14 heavy (non-hydrogen) atoms. The molecule has 0 fully saturated rings. The van der Waals surface area contributed by atoms with E-state index in [-0.39, 0.29) is 6.61 Å². The van der Waals surface area contributed by atoms with Crippen molar-refractivity contribution in [3.8, 4) is 0 Å². The van der Waals surface area contributed by atoms with Gasteiger partial charge in [0.25, 0.3) is 0 Å². The van der Waals surface area contributed by atoms with Crippen molar-refractivity contribution < 1.29 is 5.11 Å². The van der Waals surface area contributed by atoms with Gasteiger partial charge >= 0.3 is 0 Å². The molecule has 0 aromatic carbocycles. The second kappa shape index (κ2) is 3.63. The van der Waals surface area contributed by atoms with Gasteiger partial charge in [0.2, 0.25) is 0 Å². The van der Waals surface area contributed by atoms with Gasteiger partial charge in [-0.25, -0.2) is 4.98 Å². The Morgan fingerprint density at radius 3 is 3.00 bits per heavy atom. The molecule has 0 aliphatic rings. The number of imidazole rings is 1. The minimum Gasteiger partial charge on any atom is -0.388 e. The molecule has 0 saturated heterocycles. The maximum Gasteiger partial charge on any atom is 0.134 e. The topological polar surface area (TPSA) is 55.9 Å². The van der Waals surface area contributed by atoms with Crippen LogP contribution in [0.25, 0.3) is 0 Å². The summed E-state index contributed by atoms with van der Waals surface area (Å²) in [5, 5.41) is 13.1. The average Bonchev–Trinajstić information content (AvgIpc) is 2.76. The Morgan fingerprint density at radius 1 is 1.50 bits per heavy atom. The van der Waals surface area contributed by atoms with Gasteiger partial charge in [0.05, 0.1) is 12.7 Å². The van der Waals surface area contributed by atoms with E-state index in [2.05, 4.69) is 10.1 Å². The number of aliphatic hydroxyl groups excluding tert-OH is 1. The Kier molecular flexibility index (Phi) is 2.32. The van der Waals surface area contributed by atoms with Gasteiger partial charge in [0.1, 0.15) is 12.4 Å². The van der Waals surface area contributed by atoms with Crippen LogP contribution in [0.1, 0.15) is 11.4 Å². The molecule has 2 heterocycles. The van der Waals surface area contributed by atoms with Crippen molar-refractivity contribution in [2.75, 3.05) is 0 Å². The smallest absolute Gasteiger partial charge is 0.134 e. The van der Waals surface area contributed by atoms with Crippen LogP contribution in [0, 0.1) is 0 Å². The summed E-state index contributed by atoms with van der Waals surface area (Å²) in [7, 11) is 1.88. The summed E-state index contributed by atoms with van der Waals surface area (Å²) in [6.07, 6.45) is 7.28. The molecule has 2 aromatic rings. The molecule has 0 amide bonds. The van der Waals surface area contributed by atoms with Crippen LogP contribution in [0.2, 0.25) is 0 Å². The quantitative estimate of drug-likeness (QED) is 0.753. The fourth-order valence-corrected chi connectivity index (χ4v) is 1.39. The van der Waals surface area contributed by atoms with Gasteiger partial charge < -0.3 is 9.67 Å². The summed E-state index contributed by atoms with van der Waals surface area (Å²) in [4.78, 5) is 4.02. The molecule has 1 N–H and O–H groups in total. The van der Waals surface area contributed by atoms with Crippen molar-refractivity contribution in [1.82, 2.24) is 19.3 Å². The summed E-state index contributed by atoms with van der Waals surface area (Å²) in [5.74, 6) is 0.675. The summed E-state index contributed by atoms with van der Waals surface area (Å²) < 4.78 is 3.65. The Labute approximate surface area is 81.6 Å². The molecular weight excluding hydrogens is 180 g/mol. The number of aromatic nitrogens is 4. The van der Waals surface area contributed by atoms with E-state index in [1.54, 1.807) is 17.1 Å². The molecule has 0 aliphatic carbocycles. The minimum atomic E-state index is -0.0345. The third-order valence-electron chi connectivity index (χ3n) is 2.05. The van der Waals surface area contributed by atoms with Crippen LogP contribution in [0.15, 0.2) is 24.8 Å². The summed E-state index contributed by atoms with van der Waals surface area (Å²) in [6.45, 7) is 0.664. The third-order valence-corrected chi connectivity index (χ3v) is 2.05. The van der Waals surface area contributed by atoms with Crippen molar-refractivity contribution in [2.24, 2.45) is 7.05 Å². The zero-order valence-electron chi connectivity index (χ0n) is 7.96. The van der Waals surface area contributed by atoms with Crippen LogP contribution >= 0.6 is 0 Å². The molecule has 5 heteroatoms. The molecule has 0 atom stereocenters. The van der Waals surface area contributed by atoms with Crippen LogP contribution in [0.3, 0.4) is 0 Å². The molecule has 0 bridgehead atoms. The molecule has 0 radical (unpaired) electrons. The Morgan fingerprint density at radius 2 is 2.36 bits per heavy atom. The largest absolute Gasteiger partial charge is 0.388 e. The van der Waals surface area contributed by atoms with Crippen LogP contribution < -0.4 is 0 Å². The first-order chi connectivity index (χ1) is 6.79. The lowest BCUT2D eigenvalue weighted by molar-refractivity contribution is 0.266. The average molecular weight is 192 g/mol. The number of rotatable bonds is 3. The minimum absolute atomic E-state index is 0.0345. The molecule has 2 rings (SSSR count). The first-order valence-corrected chi connectivity index (χ1v) is 4.38.